The van der Waals surface area contributed by atoms with Crippen molar-refractivity contribution in [3.8, 4) is 0 Å². The van der Waals surface area contributed by atoms with Gasteiger partial charge in [0.25, 0.3) is 0 Å². The minimum absolute atomic E-state index is 0.168. The molecule has 4 heteroatoms. The number of carbonyl (C=O) groups excluding carboxylic acids is 1. The number of nitrogens with zero attached hydrogens (tertiary/aromatic N) is 1. The van der Waals surface area contributed by atoms with Crippen LogP contribution in [0.5, 0.6) is 0 Å². The van der Waals surface area contributed by atoms with Crippen molar-refractivity contribution in [1.82, 2.24) is 4.90 Å². The number of amides is 1. The maximum atomic E-state index is 12.1. The lowest BCUT2D eigenvalue weighted by Crippen LogP contribution is -2.51. The number of rotatable bonds is 0. The van der Waals surface area contributed by atoms with E-state index in [0.717, 1.165) is 18.6 Å². The molecule has 2 aliphatic heterocycles. The summed E-state index contributed by atoms with van der Waals surface area (Å²) in [6.45, 7) is 5.73. The predicted molar refractivity (Wildman–Crippen MR) is 66.5 cm³/mol. The number of ether oxygens (including phenoxy) is 1. The van der Waals surface area contributed by atoms with Crippen molar-refractivity contribution in [2.75, 3.05) is 5.75 Å². The van der Waals surface area contributed by atoms with Gasteiger partial charge in [0.05, 0.1) is 5.37 Å². The molecule has 0 aliphatic carbocycles. The Labute approximate surface area is 101 Å². The summed E-state index contributed by atoms with van der Waals surface area (Å²) in [6, 6.07) is 0.339. The first-order valence-corrected chi connectivity index (χ1v) is 6.82. The van der Waals surface area contributed by atoms with Gasteiger partial charge < -0.3 is 4.74 Å². The Kier molecular flexibility index (Phi) is 3.19. The van der Waals surface area contributed by atoms with E-state index in [-0.39, 0.29) is 11.5 Å². The van der Waals surface area contributed by atoms with E-state index in [9.17, 15) is 4.79 Å². The molecule has 0 spiro atoms. The third-order valence-corrected chi connectivity index (χ3v) is 3.92. The zero-order valence-corrected chi connectivity index (χ0v) is 10.9. The van der Waals surface area contributed by atoms with Crippen molar-refractivity contribution >= 4 is 17.9 Å². The third-order valence-electron chi connectivity index (χ3n) is 2.72. The Hall–Kier alpha value is -0.640. The van der Waals surface area contributed by atoms with E-state index in [1.165, 1.54) is 0 Å². The molecule has 1 amide bonds. The van der Waals surface area contributed by atoms with Gasteiger partial charge in [0.1, 0.15) is 5.60 Å². The van der Waals surface area contributed by atoms with Crippen LogP contribution in [0.25, 0.3) is 0 Å². The van der Waals surface area contributed by atoms with Crippen molar-refractivity contribution in [2.24, 2.45) is 0 Å². The standard InChI is InChI=1S/C12H19NO2S/c1-12(2,3)15-11(14)13-9-5-4-6-10(13)16-8-7-9/h4,6,9-10H,5,7-8H2,1-3H3. The second kappa shape index (κ2) is 4.32. The van der Waals surface area contributed by atoms with Gasteiger partial charge in [0, 0.05) is 6.04 Å². The fourth-order valence-corrected chi connectivity index (χ4v) is 3.34. The normalized spacial score (nSPS) is 29.1. The fourth-order valence-electron chi connectivity index (χ4n) is 2.05. The van der Waals surface area contributed by atoms with Crippen LogP contribution in [0.4, 0.5) is 4.79 Å². The molecule has 2 aliphatic rings. The minimum atomic E-state index is -0.406. The minimum Gasteiger partial charge on any atom is -0.444 e. The van der Waals surface area contributed by atoms with Crippen LogP contribution in [0.3, 0.4) is 0 Å². The molecule has 1 saturated heterocycles. The van der Waals surface area contributed by atoms with Gasteiger partial charge in [-0.15, -0.1) is 11.8 Å². The second-order valence-electron chi connectivity index (χ2n) is 5.26. The van der Waals surface area contributed by atoms with E-state index in [2.05, 4.69) is 12.2 Å². The molecule has 0 aromatic rings. The first kappa shape index (κ1) is 11.8. The van der Waals surface area contributed by atoms with Crippen LogP contribution < -0.4 is 0 Å². The molecule has 0 aromatic heterocycles. The molecule has 0 aromatic carbocycles. The Morgan fingerprint density at radius 2 is 2.25 bits per heavy atom. The Morgan fingerprint density at radius 3 is 2.88 bits per heavy atom. The summed E-state index contributed by atoms with van der Waals surface area (Å²) in [5.41, 5.74) is -0.406. The Balaban J connectivity index is 2.08. The summed E-state index contributed by atoms with van der Waals surface area (Å²) in [6.07, 6.45) is 6.17. The predicted octanol–water partition coefficient (Wildman–Crippen LogP) is 3.02. The van der Waals surface area contributed by atoms with Gasteiger partial charge in [-0.25, -0.2) is 4.79 Å². The molecule has 0 saturated carbocycles. The number of hydrogen-bond acceptors (Lipinski definition) is 3. The van der Waals surface area contributed by atoms with Gasteiger partial charge in [0.15, 0.2) is 0 Å². The van der Waals surface area contributed by atoms with Gasteiger partial charge in [-0.3, -0.25) is 4.90 Å². The topological polar surface area (TPSA) is 29.5 Å². The summed E-state index contributed by atoms with van der Waals surface area (Å²) in [7, 11) is 0. The summed E-state index contributed by atoms with van der Waals surface area (Å²) in [4.78, 5) is 14.0. The molecule has 1 fully saturated rings. The molecule has 0 radical (unpaired) electrons. The molecule has 16 heavy (non-hydrogen) atoms. The van der Waals surface area contributed by atoms with E-state index in [1.807, 2.05) is 37.4 Å². The van der Waals surface area contributed by atoms with E-state index < -0.39 is 5.60 Å². The molecule has 2 unspecified atom stereocenters. The summed E-state index contributed by atoms with van der Waals surface area (Å²) in [5.74, 6) is 1.14. The average molecular weight is 241 g/mol. The summed E-state index contributed by atoms with van der Waals surface area (Å²) in [5, 5.41) is 0.183. The van der Waals surface area contributed by atoms with Crippen LogP contribution in [-0.4, -0.2) is 33.8 Å². The third kappa shape index (κ3) is 2.54. The highest BCUT2D eigenvalue weighted by Gasteiger charge is 2.37. The van der Waals surface area contributed by atoms with Gasteiger partial charge in [-0.1, -0.05) is 12.2 Å². The first-order chi connectivity index (χ1) is 7.47. The van der Waals surface area contributed by atoms with Crippen molar-refractivity contribution in [1.29, 1.82) is 0 Å². The monoisotopic (exact) mass is 241 g/mol. The van der Waals surface area contributed by atoms with Gasteiger partial charge >= 0.3 is 6.09 Å². The van der Waals surface area contributed by atoms with Crippen LogP contribution >= 0.6 is 11.8 Å². The number of thioether (sulfide) groups is 1. The molecule has 2 rings (SSSR count). The fraction of sp³-hybridized carbons (Fsp3) is 0.750. The molecular formula is C12H19NO2S. The molecule has 0 N–H and O–H groups in total. The lowest BCUT2D eigenvalue weighted by molar-refractivity contribution is 0.0139. The largest absolute Gasteiger partial charge is 0.444 e. The van der Waals surface area contributed by atoms with E-state index in [0.29, 0.717) is 6.04 Å². The first-order valence-electron chi connectivity index (χ1n) is 5.77. The smallest absolute Gasteiger partial charge is 0.411 e. The highest BCUT2D eigenvalue weighted by Crippen LogP contribution is 2.34. The maximum absolute atomic E-state index is 12.1. The SMILES string of the molecule is CC(C)(C)OC(=O)N1C2CC=CC1SCC2. The number of carbonyl (C=O) groups is 1. The average Bonchev–Trinajstić information content (AvgIpc) is 2.13. The molecular weight excluding hydrogens is 222 g/mol. The van der Waals surface area contributed by atoms with Crippen LogP contribution in [-0.2, 0) is 4.74 Å². The Morgan fingerprint density at radius 1 is 1.50 bits per heavy atom. The van der Waals surface area contributed by atoms with E-state index in [1.54, 1.807) is 0 Å². The molecule has 2 atom stereocenters. The van der Waals surface area contributed by atoms with Gasteiger partial charge in [-0.2, -0.15) is 0 Å². The second-order valence-corrected chi connectivity index (χ2v) is 6.48. The van der Waals surface area contributed by atoms with E-state index >= 15 is 0 Å². The van der Waals surface area contributed by atoms with Crippen molar-refractivity contribution in [3.63, 3.8) is 0 Å². The molecule has 2 heterocycles. The summed E-state index contributed by atoms with van der Waals surface area (Å²) >= 11 is 1.82. The van der Waals surface area contributed by atoms with E-state index in [4.69, 9.17) is 4.74 Å². The zero-order chi connectivity index (χ0) is 11.8. The lowest BCUT2D eigenvalue weighted by Gasteiger charge is -2.42. The summed E-state index contributed by atoms with van der Waals surface area (Å²) < 4.78 is 5.45. The quantitative estimate of drug-likeness (QED) is 0.611. The lowest BCUT2D eigenvalue weighted by atomic mass is 10.1. The van der Waals surface area contributed by atoms with Gasteiger partial charge in [0.2, 0.25) is 0 Å². The highest BCUT2D eigenvalue weighted by molar-refractivity contribution is 8.00. The molecule has 2 bridgehead atoms. The van der Waals surface area contributed by atoms with Crippen molar-refractivity contribution < 1.29 is 9.53 Å². The number of fused-ring (bicyclic) bond motifs is 2. The van der Waals surface area contributed by atoms with Crippen LogP contribution in [0.1, 0.15) is 33.6 Å². The molecule has 3 nitrogen and oxygen atoms in total. The molecule has 90 valence electrons. The Bertz CT molecular complexity index is 309. The zero-order valence-electron chi connectivity index (χ0n) is 10.1. The highest BCUT2D eigenvalue weighted by atomic mass is 32.2. The van der Waals surface area contributed by atoms with Crippen LogP contribution in [0, 0.1) is 0 Å². The van der Waals surface area contributed by atoms with Crippen LogP contribution in [0.2, 0.25) is 0 Å². The van der Waals surface area contributed by atoms with Gasteiger partial charge in [-0.05, 0) is 39.4 Å². The maximum Gasteiger partial charge on any atom is 0.411 e. The van der Waals surface area contributed by atoms with Crippen molar-refractivity contribution in [3.05, 3.63) is 12.2 Å². The van der Waals surface area contributed by atoms with Crippen molar-refractivity contribution in [2.45, 2.75) is 50.6 Å². The number of hydrogen-bond donors (Lipinski definition) is 0. The van der Waals surface area contributed by atoms with Crippen LogP contribution in [0.15, 0.2) is 12.2 Å².